The standard InChI is InChI=1S/C7H6BrN3O/c1-12-7-3-2-5(10-11-9)4-6(7)8/h2-4H,1H3. The quantitative estimate of drug-likeness (QED) is 0.434. The van der Waals surface area contributed by atoms with E-state index >= 15 is 0 Å². The number of hydrogen-bond donors (Lipinski definition) is 0. The highest BCUT2D eigenvalue weighted by molar-refractivity contribution is 9.10. The van der Waals surface area contributed by atoms with Gasteiger partial charge in [-0.1, -0.05) is 5.11 Å². The van der Waals surface area contributed by atoms with Crippen LogP contribution in [-0.2, 0) is 0 Å². The second-order valence-corrected chi connectivity index (χ2v) is 2.86. The van der Waals surface area contributed by atoms with Crippen LogP contribution in [0.3, 0.4) is 0 Å². The van der Waals surface area contributed by atoms with Crippen molar-refractivity contribution in [1.29, 1.82) is 0 Å². The fourth-order valence-electron chi connectivity index (χ4n) is 0.769. The molecule has 0 saturated heterocycles. The van der Waals surface area contributed by atoms with Gasteiger partial charge in [-0.3, -0.25) is 0 Å². The Morgan fingerprint density at radius 3 is 2.83 bits per heavy atom. The number of azide groups is 1. The minimum Gasteiger partial charge on any atom is -0.496 e. The zero-order chi connectivity index (χ0) is 8.97. The molecule has 0 aliphatic heterocycles. The molecule has 0 N–H and O–H groups in total. The topological polar surface area (TPSA) is 58.0 Å². The van der Waals surface area contributed by atoms with Gasteiger partial charge in [0.05, 0.1) is 11.6 Å². The van der Waals surface area contributed by atoms with Crippen LogP contribution in [0.25, 0.3) is 10.4 Å². The van der Waals surface area contributed by atoms with Gasteiger partial charge in [0, 0.05) is 10.6 Å². The van der Waals surface area contributed by atoms with E-state index in [-0.39, 0.29) is 0 Å². The monoisotopic (exact) mass is 227 g/mol. The van der Waals surface area contributed by atoms with Crippen molar-refractivity contribution >= 4 is 21.6 Å². The summed E-state index contributed by atoms with van der Waals surface area (Å²) in [6, 6.07) is 5.11. The van der Waals surface area contributed by atoms with Crippen LogP contribution in [-0.4, -0.2) is 7.11 Å². The van der Waals surface area contributed by atoms with Gasteiger partial charge in [0.1, 0.15) is 5.75 Å². The zero-order valence-corrected chi connectivity index (χ0v) is 7.95. The number of hydrogen-bond acceptors (Lipinski definition) is 2. The van der Waals surface area contributed by atoms with E-state index in [4.69, 9.17) is 10.3 Å². The van der Waals surface area contributed by atoms with Gasteiger partial charge >= 0.3 is 0 Å². The molecule has 0 spiro atoms. The molecule has 4 nitrogen and oxygen atoms in total. The number of benzene rings is 1. The molecule has 62 valence electrons. The van der Waals surface area contributed by atoms with E-state index in [2.05, 4.69) is 26.0 Å². The predicted molar refractivity (Wildman–Crippen MR) is 49.5 cm³/mol. The molecule has 0 heterocycles. The molecular formula is C7H6BrN3O. The highest BCUT2D eigenvalue weighted by Crippen LogP contribution is 2.28. The summed E-state index contributed by atoms with van der Waals surface area (Å²) < 4.78 is 5.77. The summed E-state index contributed by atoms with van der Waals surface area (Å²) in [6.45, 7) is 0. The molecule has 0 aliphatic carbocycles. The van der Waals surface area contributed by atoms with Crippen molar-refractivity contribution in [3.05, 3.63) is 33.1 Å². The molecule has 12 heavy (non-hydrogen) atoms. The summed E-state index contributed by atoms with van der Waals surface area (Å²) in [5.41, 5.74) is 8.71. The van der Waals surface area contributed by atoms with Gasteiger partial charge < -0.3 is 4.74 Å². The van der Waals surface area contributed by atoms with Crippen molar-refractivity contribution in [2.24, 2.45) is 5.11 Å². The summed E-state index contributed by atoms with van der Waals surface area (Å²) in [5, 5.41) is 3.44. The Morgan fingerprint density at radius 2 is 2.33 bits per heavy atom. The van der Waals surface area contributed by atoms with Crippen molar-refractivity contribution in [2.75, 3.05) is 7.11 Å². The summed E-state index contributed by atoms with van der Waals surface area (Å²) in [7, 11) is 1.58. The number of rotatable bonds is 2. The Labute approximate surface area is 77.9 Å². The minimum atomic E-state index is 0.560. The molecule has 0 bridgehead atoms. The van der Waals surface area contributed by atoms with Crippen LogP contribution < -0.4 is 4.74 Å². The van der Waals surface area contributed by atoms with E-state index < -0.39 is 0 Å². The maximum atomic E-state index is 8.15. The first-order valence-electron chi connectivity index (χ1n) is 3.16. The first kappa shape index (κ1) is 8.90. The molecule has 1 aromatic carbocycles. The van der Waals surface area contributed by atoms with Crippen molar-refractivity contribution in [2.45, 2.75) is 0 Å². The average molecular weight is 228 g/mol. The van der Waals surface area contributed by atoms with Crippen LogP contribution in [0.1, 0.15) is 0 Å². The van der Waals surface area contributed by atoms with Crippen LogP contribution in [0.4, 0.5) is 5.69 Å². The molecule has 0 fully saturated rings. The van der Waals surface area contributed by atoms with Gasteiger partial charge in [0.15, 0.2) is 0 Å². The van der Waals surface area contributed by atoms with Crippen molar-refractivity contribution in [3.8, 4) is 5.75 Å². The lowest BCUT2D eigenvalue weighted by Crippen LogP contribution is -1.82. The lowest BCUT2D eigenvalue weighted by molar-refractivity contribution is 0.412. The fourth-order valence-corrected chi connectivity index (χ4v) is 1.30. The molecule has 0 aliphatic rings. The maximum Gasteiger partial charge on any atom is 0.133 e. The van der Waals surface area contributed by atoms with Crippen molar-refractivity contribution < 1.29 is 4.74 Å². The number of methoxy groups -OCH3 is 1. The molecular weight excluding hydrogens is 222 g/mol. The first-order valence-corrected chi connectivity index (χ1v) is 3.96. The van der Waals surface area contributed by atoms with Crippen LogP contribution in [0.5, 0.6) is 5.75 Å². The summed E-state index contributed by atoms with van der Waals surface area (Å²) in [5.74, 6) is 0.715. The zero-order valence-electron chi connectivity index (χ0n) is 6.36. The highest BCUT2D eigenvalue weighted by atomic mass is 79.9. The molecule has 1 aromatic rings. The van der Waals surface area contributed by atoms with Crippen LogP contribution in [0.15, 0.2) is 27.8 Å². The normalized spacial score (nSPS) is 8.83. The third-order valence-electron chi connectivity index (χ3n) is 1.30. The van der Waals surface area contributed by atoms with E-state index in [1.54, 1.807) is 25.3 Å². The molecule has 0 atom stereocenters. The SMILES string of the molecule is COc1ccc(N=[N+]=[N-])cc1Br. The summed E-state index contributed by atoms with van der Waals surface area (Å²) >= 11 is 3.27. The molecule has 5 heteroatoms. The summed E-state index contributed by atoms with van der Waals surface area (Å²) in [6.07, 6.45) is 0. The maximum absolute atomic E-state index is 8.15. The van der Waals surface area contributed by atoms with Gasteiger partial charge in [-0.2, -0.15) is 0 Å². The minimum absolute atomic E-state index is 0.560. The predicted octanol–water partition coefficient (Wildman–Crippen LogP) is 3.40. The molecule has 0 unspecified atom stereocenters. The van der Waals surface area contributed by atoms with E-state index in [9.17, 15) is 0 Å². The van der Waals surface area contributed by atoms with Gasteiger partial charge in [-0.05, 0) is 39.7 Å². The van der Waals surface area contributed by atoms with Crippen molar-refractivity contribution in [1.82, 2.24) is 0 Å². The molecule has 0 saturated carbocycles. The van der Waals surface area contributed by atoms with Crippen LogP contribution in [0.2, 0.25) is 0 Å². The highest BCUT2D eigenvalue weighted by Gasteiger charge is 1.98. The van der Waals surface area contributed by atoms with E-state index in [0.717, 1.165) is 4.47 Å². The third-order valence-corrected chi connectivity index (χ3v) is 1.92. The summed E-state index contributed by atoms with van der Waals surface area (Å²) in [4.78, 5) is 2.67. The van der Waals surface area contributed by atoms with Gasteiger partial charge in [0.25, 0.3) is 0 Å². The van der Waals surface area contributed by atoms with E-state index in [1.165, 1.54) is 0 Å². The van der Waals surface area contributed by atoms with E-state index in [1.807, 2.05) is 0 Å². The third kappa shape index (κ3) is 1.90. The first-order chi connectivity index (χ1) is 5.77. The molecule has 0 amide bonds. The number of ether oxygens (including phenoxy) is 1. The van der Waals surface area contributed by atoms with Crippen LogP contribution in [0, 0.1) is 0 Å². The second-order valence-electron chi connectivity index (χ2n) is 2.01. The van der Waals surface area contributed by atoms with Crippen molar-refractivity contribution in [3.63, 3.8) is 0 Å². The molecule has 1 rings (SSSR count). The number of halogens is 1. The number of nitrogens with zero attached hydrogens (tertiary/aromatic N) is 3. The Hall–Kier alpha value is -1.19. The Bertz CT molecular complexity index is 333. The van der Waals surface area contributed by atoms with Gasteiger partial charge in [-0.25, -0.2) is 0 Å². The lowest BCUT2D eigenvalue weighted by Gasteiger charge is -2.01. The lowest BCUT2D eigenvalue weighted by atomic mass is 10.3. The van der Waals surface area contributed by atoms with Crippen LogP contribution >= 0.6 is 15.9 Å². The van der Waals surface area contributed by atoms with E-state index in [0.29, 0.717) is 11.4 Å². The Kier molecular flexibility index (Phi) is 2.96. The largest absolute Gasteiger partial charge is 0.496 e. The average Bonchev–Trinajstić information content (AvgIpc) is 2.05. The Balaban J connectivity index is 3.09. The van der Waals surface area contributed by atoms with Gasteiger partial charge in [-0.15, -0.1) is 0 Å². The fraction of sp³-hybridized carbons (Fsp3) is 0.143. The second kappa shape index (κ2) is 3.99. The molecule has 0 aromatic heterocycles. The smallest absolute Gasteiger partial charge is 0.133 e. The molecule has 0 radical (unpaired) electrons. The van der Waals surface area contributed by atoms with Gasteiger partial charge in [0.2, 0.25) is 0 Å². The Morgan fingerprint density at radius 1 is 1.58 bits per heavy atom.